The number of thiophene rings is 1. The van der Waals surface area contributed by atoms with Crippen LogP contribution in [0.2, 0.25) is 0 Å². The SMILES string of the molecule is Cc1cccc(N[C@H](c2cccc(F)c2)c2cc(C)sc2NC(=O)c2ccco2)n1. The van der Waals surface area contributed by atoms with E-state index in [0.717, 1.165) is 21.7 Å². The number of halogens is 1. The van der Waals surface area contributed by atoms with E-state index in [1.54, 1.807) is 18.2 Å². The van der Waals surface area contributed by atoms with E-state index in [0.29, 0.717) is 10.8 Å². The standard InChI is InChI=1S/C23H20FN3O2S/c1-14-6-3-10-20(25-14)26-21(16-7-4-8-17(24)13-16)18-12-15(2)30-23(18)27-22(28)19-9-5-11-29-19/h3-13,21H,1-2H3,(H,25,26)(H,27,28)/t21-/m1/s1. The Morgan fingerprint density at radius 2 is 1.93 bits per heavy atom. The van der Waals surface area contributed by atoms with Gasteiger partial charge >= 0.3 is 0 Å². The molecule has 4 rings (SSSR count). The van der Waals surface area contributed by atoms with Gasteiger partial charge in [0.1, 0.15) is 16.6 Å². The summed E-state index contributed by atoms with van der Waals surface area (Å²) >= 11 is 1.45. The Labute approximate surface area is 177 Å². The fourth-order valence-electron chi connectivity index (χ4n) is 3.22. The summed E-state index contributed by atoms with van der Waals surface area (Å²) in [5.74, 6) is 0.221. The van der Waals surface area contributed by atoms with Crippen molar-refractivity contribution >= 4 is 28.1 Å². The number of benzene rings is 1. The number of nitrogens with zero attached hydrogens (tertiary/aromatic N) is 1. The summed E-state index contributed by atoms with van der Waals surface area (Å²) < 4.78 is 19.2. The van der Waals surface area contributed by atoms with Gasteiger partial charge in [-0.1, -0.05) is 18.2 Å². The van der Waals surface area contributed by atoms with Crippen molar-refractivity contribution < 1.29 is 13.6 Å². The van der Waals surface area contributed by atoms with Gasteiger partial charge in [-0.15, -0.1) is 11.3 Å². The summed E-state index contributed by atoms with van der Waals surface area (Å²) in [5, 5.41) is 6.99. The number of anilines is 2. The second kappa shape index (κ2) is 8.51. The van der Waals surface area contributed by atoms with Crippen LogP contribution < -0.4 is 10.6 Å². The molecule has 1 atom stereocenters. The smallest absolute Gasteiger partial charge is 0.291 e. The number of hydrogen-bond acceptors (Lipinski definition) is 5. The normalized spacial score (nSPS) is 11.8. The van der Waals surface area contributed by atoms with Crippen LogP contribution in [0.4, 0.5) is 15.2 Å². The van der Waals surface area contributed by atoms with E-state index in [-0.39, 0.29) is 17.5 Å². The first-order valence-electron chi connectivity index (χ1n) is 9.40. The molecule has 5 nitrogen and oxygen atoms in total. The number of aryl methyl sites for hydroxylation is 2. The lowest BCUT2D eigenvalue weighted by atomic mass is 9.99. The van der Waals surface area contributed by atoms with Crippen molar-refractivity contribution in [3.63, 3.8) is 0 Å². The second-order valence-electron chi connectivity index (χ2n) is 6.87. The third-order valence-electron chi connectivity index (χ3n) is 4.53. The Balaban J connectivity index is 1.74. The van der Waals surface area contributed by atoms with Crippen molar-refractivity contribution in [2.75, 3.05) is 10.6 Å². The maximum atomic E-state index is 14.0. The van der Waals surface area contributed by atoms with Gasteiger partial charge in [0.2, 0.25) is 0 Å². The average Bonchev–Trinajstić information content (AvgIpc) is 3.36. The fraction of sp³-hybridized carbons (Fsp3) is 0.130. The van der Waals surface area contributed by atoms with Crippen LogP contribution in [0.3, 0.4) is 0 Å². The highest BCUT2D eigenvalue weighted by Gasteiger charge is 2.23. The average molecular weight is 421 g/mol. The molecule has 0 saturated heterocycles. The molecule has 0 unspecified atom stereocenters. The Kier molecular flexibility index (Phi) is 5.63. The molecule has 1 amide bonds. The summed E-state index contributed by atoms with van der Waals surface area (Å²) in [4.78, 5) is 18.1. The van der Waals surface area contributed by atoms with Gasteiger partial charge in [0.15, 0.2) is 5.76 Å². The van der Waals surface area contributed by atoms with E-state index in [1.165, 1.54) is 29.7 Å². The highest BCUT2D eigenvalue weighted by atomic mass is 32.1. The number of carbonyl (C=O) groups is 1. The largest absolute Gasteiger partial charge is 0.459 e. The molecule has 4 aromatic rings. The van der Waals surface area contributed by atoms with Crippen LogP contribution in [-0.4, -0.2) is 10.9 Å². The molecule has 0 aliphatic heterocycles. The molecular weight excluding hydrogens is 401 g/mol. The first-order valence-corrected chi connectivity index (χ1v) is 10.2. The van der Waals surface area contributed by atoms with Crippen molar-refractivity contribution in [3.05, 3.63) is 100 Å². The molecule has 30 heavy (non-hydrogen) atoms. The number of nitrogens with one attached hydrogen (secondary N) is 2. The van der Waals surface area contributed by atoms with E-state index in [4.69, 9.17) is 4.42 Å². The zero-order valence-corrected chi connectivity index (χ0v) is 17.3. The molecule has 1 aromatic carbocycles. The lowest BCUT2D eigenvalue weighted by Gasteiger charge is -2.21. The highest BCUT2D eigenvalue weighted by molar-refractivity contribution is 7.16. The molecule has 0 bridgehead atoms. The maximum absolute atomic E-state index is 14.0. The van der Waals surface area contributed by atoms with Crippen LogP contribution in [0.15, 0.2) is 71.3 Å². The topological polar surface area (TPSA) is 67.2 Å². The molecule has 0 radical (unpaired) electrons. The van der Waals surface area contributed by atoms with Gasteiger partial charge in [-0.3, -0.25) is 4.79 Å². The minimum absolute atomic E-state index is 0.225. The number of furan rings is 1. The van der Waals surface area contributed by atoms with E-state index >= 15 is 0 Å². The second-order valence-corrected chi connectivity index (χ2v) is 8.13. The van der Waals surface area contributed by atoms with E-state index in [2.05, 4.69) is 15.6 Å². The Bertz CT molecular complexity index is 1170. The van der Waals surface area contributed by atoms with Crippen molar-refractivity contribution in [2.24, 2.45) is 0 Å². The number of pyridine rings is 1. The summed E-state index contributed by atoms with van der Waals surface area (Å²) in [7, 11) is 0. The van der Waals surface area contributed by atoms with Crippen LogP contribution in [-0.2, 0) is 0 Å². The van der Waals surface area contributed by atoms with E-state index in [9.17, 15) is 9.18 Å². The minimum atomic E-state index is -0.410. The molecule has 7 heteroatoms. The monoisotopic (exact) mass is 421 g/mol. The molecule has 152 valence electrons. The molecule has 0 saturated carbocycles. The number of rotatable bonds is 6. The van der Waals surface area contributed by atoms with Gasteiger partial charge in [0.05, 0.1) is 12.3 Å². The number of aromatic nitrogens is 1. The van der Waals surface area contributed by atoms with Gasteiger partial charge in [0.25, 0.3) is 5.91 Å². The summed E-state index contributed by atoms with van der Waals surface area (Å²) in [6.45, 7) is 3.87. The molecule has 0 aliphatic rings. The van der Waals surface area contributed by atoms with Crippen LogP contribution in [0, 0.1) is 19.7 Å². The zero-order valence-electron chi connectivity index (χ0n) is 16.5. The Morgan fingerprint density at radius 1 is 1.10 bits per heavy atom. The van der Waals surface area contributed by atoms with Crippen LogP contribution in [0.5, 0.6) is 0 Å². The lowest BCUT2D eigenvalue weighted by Crippen LogP contribution is -2.17. The van der Waals surface area contributed by atoms with Crippen LogP contribution >= 0.6 is 11.3 Å². The van der Waals surface area contributed by atoms with Crippen molar-refractivity contribution in [3.8, 4) is 0 Å². The maximum Gasteiger partial charge on any atom is 0.291 e. The quantitative estimate of drug-likeness (QED) is 0.404. The van der Waals surface area contributed by atoms with Gasteiger partial charge in [-0.25, -0.2) is 9.37 Å². The molecule has 0 spiro atoms. The molecule has 2 N–H and O–H groups in total. The van der Waals surface area contributed by atoms with Crippen molar-refractivity contribution in [1.82, 2.24) is 4.98 Å². The van der Waals surface area contributed by atoms with Gasteiger partial charge in [0, 0.05) is 16.1 Å². The number of carbonyl (C=O) groups excluding carboxylic acids is 1. The Morgan fingerprint density at radius 3 is 2.67 bits per heavy atom. The third-order valence-corrected chi connectivity index (χ3v) is 5.51. The summed E-state index contributed by atoms with van der Waals surface area (Å²) in [6.07, 6.45) is 1.45. The van der Waals surface area contributed by atoms with Gasteiger partial charge < -0.3 is 15.1 Å². The molecule has 3 aromatic heterocycles. The summed E-state index contributed by atoms with van der Waals surface area (Å²) in [5.41, 5.74) is 2.42. The first-order chi connectivity index (χ1) is 14.5. The van der Waals surface area contributed by atoms with Crippen molar-refractivity contribution in [1.29, 1.82) is 0 Å². The molecule has 3 heterocycles. The predicted octanol–water partition coefficient (Wildman–Crippen LogP) is 5.95. The van der Waals surface area contributed by atoms with E-state index in [1.807, 2.05) is 44.2 Å². The van der Waals surface area contributed by atoms with Crippen LogP contribution in [0.1, 0.15) is 38.3 Å². The van der Waals surface area contributed by atoms with Crippen molar-refractivity contribution in [2.45, 2.75) is 19.9 Å². The molecule has 0 fully saturated rings. The molecular formula is C23H20FN3O2S. The first kappa shape index (κ1) is 19.8. The number of hydrogen-bond donors (Lipinski definition) is 2. The minimum Gasteiger partial charge on any atom is -0.459 e. The fourth-order valence-corrected chi connectivity index (χ4v) is 4.16. The van der Waals surface area contributed by atoms with Crippen LogP contribution in [0.25, 0.3) is 0 Å². The third kappa shape index (κ3) is 4.41. The lowest BCUT2D eigenvalue weighted by molar-refractivity contribution is 0.0997. The predicted molar refractivity (Wildman–Crippen MR) is 117 cm³/mol. The van der Waals surface area contributed by atoms with Gasteiger partial charge in [-0.2, -0.15) is 0 Å². The van der Waals surface area contributed by atoms with Gasteiger partial charge in [-0.05, 0) is 61.9 Å². The summed E-state index contributed by atoms with van der Waals surface area (Å²) in [6, 6.07) is 16.9. The highest BCUT2D eigenvalue weighted by Crippen LogP contribution is 2.37. The number of amides is 1. The zero-order chi connectivity index (χ0) is 21.1. The Hall–Kier alpha value is -3.45. The van der Waals surface area contributed by atoms with E-state index < -0.39 is 6.04 Å². The molecule has 0 aliphatic carbocycles.